The predicted octanol–water partition coefficient (Wildman–Crippen LogP) is 4.07. The van der Waals surface area contributed by atoms with Gasteiger partial charge in [-0.05, 0) is 63.5 Å². The molecule has 0 radical (unpaired) electrons. The highest BCUT2D eigenvalue weighted by Crippen LogP contribution is 2.64. The van der Waals surface area contributed by atoms with Gasteiger partial charge < -0.3 is 15.2 Å². The number of fused-ring (bicyclic) bond motifs is 1. The Morgan fingerprint density at radius 1 is 1.21 bits per heavy atom. The van der Waals surface area contributed by atoms with Crippen LogP contribution in [0.3, 0.4) is 0 Å². The number of aromatic nitrogens is 3. The minimum atomic E-state index is -2.95. The monoisotopic (exact) mass is 459 g/mol. The number of nitrogens with zero attached hydrogens (tertiary/aromatic N) is 4. The molecule has 0 amide bonds. The quantitative estimate of drug-likeness (QED) is 0.702. The average molecular weight is 460 g/mol. The molecule has 1 spiro atoms. The van der Waals surface area contributed by atoms with Crippen LogP contribution in [0.5, 0.6) is 5.75 Å². The van der Waals surface area contributed by atoms with Crippen molar-refractivity contribution in [1.29, 1.82) is 0 Å². The number of rotatable bonds is 6. The molecule has 0 bridgehead atoms. The van der Waals surface area contributed by atoms with E-state index in [4.69, 9.17) is 15.6 Å². The fourth-order valence-corrected chi connectivity index (χ4v) is 6.50. The second kappa shape index (κ2) is 7.63. The lowest BCUT2D eigenvalue weighted by Gasteiger charge is -2.50. The molecule has 6 rings (SSSR count). The van der Waals surface area contributed by atoms with Gasteiger partial charge in [-0.15, -0.1) is 0 Å². The molecular weight excluding hydrogens is 428 g/mol. The van der Waals surface area contributed by atoms with Crippen molar-refractivity contribution in [3.8, 4) is 17.0 Å². The standard InChI is InChI=1S/C24H31F2N5O2/c1-13(2)31-19(9-18(29-31)14-6-20(33-23(25)26)22(27)28-10-14)21-16-7-15(8-17(16)21)30-11-24(12-30)4-3-5-32-24/h6,9-10,13,15-17,21,23H,3-5,7-8,11-12H2,1-2H3,(H2,27,28)/t15?,16-,17+,21?. The molecule has 2 aromatic heterocycles. The molecular formula is C24H31F2N5O2. The van der Waals surface area contributed by atoms with Crippen LogP contribution in [0.15, 0.2) is 18.3 Å². The van der Waals surface area contributed by atoms with Gasteiger partial charge in [0.15, 0.2) is 11.6 Å². The number of halogens is 2. The molecule has 2 unspecified atom stereocenters. The lowest BCUT2D eigenvalue weighted by atomic mass is 9.88. The number of hydrogen-bond acceptors (Lipinski definition) is 6. The van der Waals surface area contributed by atoms with Crippen molar-refractivity contribution in [3.05, 3.63) is 24.0 Å². The summed E-state index contributed by atoms with van der Waals surface area (Å²) < 4.78 is 38.1. The second-order valence-corrected chi connectivity index (χ2v) is 10.5. The Morgan fingerprint density at radius 2 is 1.97 bits per heavy atom. The third-order valence-corrected chi connectivity index (χ3v) is 8.09. The third kappa shape index (κ3) is 3.60. The maximum absolute atomic E-state index is 12.7. The second-order valence-electron chi connectivity index (χ2n) is 10.5. The Morgan fingerprint density at radius 3 is 2.61 bits per heavy atom. The number of likely N-dealkylation sites (tertiary alicyclic amines) is 1. The lowest BCUT2D eigenvalue weighted by Crippen LogP contribution is -2.64. The first-order chi connectivity index (χ1) is 15.8. The van der Waals surface area contributed by atoms with Crippen molar-refractivity contribution in [2.45, 2.75) is 69.7 Å². The van der Waals surface area contributed by atoms with E-state index in [1.54, 1.807) is 6.20 Å². The highest BCUT2D eigenvalue weighted by molar-refractivity contribution is 5.64. The summed E-state index contributed by atoms with van der Waals surface area (Å²) in [6.45, 7) is 4.41. The highest BCUT2D eigenvalue weighted by Gasteiger charge is 2.61. The zero-order valence-corrected chi connectivity index (χ0v) is 19.1. The number of hydrogen-bond donors (Lipinski definition) is 1. The molecule has 2 saturated heterocycles. The highest BCUT2D eigenvalue weighted by atomic mass is 19.3. The molecule has 0 aromatic carbocycles. The first-order valence-electron chi connectivity index (χ1n) is 12.0. The third-order valence-electron chi connectivity index (χ3n) is 8.09. The number of pyridine rings is 1. The van der Waals surface area contributed by atoms with Crippen LogP contribution in [0.25, 0.3) is 11.3 Å². The van der Waals surface area contributed by atoms with E-state index in [1.165, 1.54) is 37.4 Å². The van der Waals surface area contributed by atoms with Crippen LogP contribution in [-0.4, -0.2) is 57.6 Å². The van der Waals surface area contributed by atoms with E-state index in [-0.39, 0.29) is 23.2 Å². The maximum atomic E-state index is 12.7. The van der Waals surface area contributed by atoms with Gasteiger partial charge in [0.25, 0.3) is 0 Å². The Bertz CT molecular complexity index is 1030. The molecule has 2 aliphatic carbocycles. The summed E-state index contributed by atoms with van der Waals surface area (Å²) in [4.78, 5) is 6.67. The molecule has 4 heterocycles. The first-order valence-corrected chi connectivity index (χ1v) is 12.0. The molecule has 2 aromatic rings. The molecule has 4 aliphatic rings. The zero-order chi connectivity index (χ0) is 22.9. The number of ether oxygens (including phenoxy) is 2. The molecule has 4 atom stereocenters. The average Bonchev–Trinajstić information content (AvgIpc) is 3.23. The number of nitrogens with two attached hydrogens (primary N) is 1. The maximum Gasteiger partial charge on any atom is 0.387 e. The van der Waals surface area contributed by atoms with Gasteiger partial charge in [0.1, 0.15) is 0 Å². The van der Waals surface area contributed by atoms with Crippen LogP contribution < -0.4 is 10.5 Å². The minimum Gasteiger partial charge on any atom is -0.431 e. The SMILES string of the molecule is CC(C)n1nc(-c2cnc(N)c(OC(F)F)c2)cc1C1[C@H]2CC(N3CC4(CCCO4)C3)C[C@@H]12. The van der Waals surface area contributed by atoms with Crippen LogP contribution in [0.2, 0.25) is 0 Å². The Hall–Kier alpha value is -2.26. The number of anilines is 1. The lowest BCUT2D eigenvalue weighted by molar-refractivity contribution is -0.126. The normalized spacial score (nSPS) is 30.2. The smallest absolute Gasteiger partial charge is 0.387 e. The van der Waals surface area contributed by atoms with Crippen molar-refractivity contribution in [1.82, 2.24) is 19.7 Å². The van der Waals surface area contributed by atoms with Crippen LogP contribution >= 0.6 is 0 Å². The summed E-state index contributed by atoms with van der Waals surface area (Å²) in [6.07, 6.45) is 6.46. The van der Waals surface area contributed by atoms with Gasteiger partial charge in [0.05, 0.1) is 11.3 Å². The van der Waals surface area contributed by atoms with Crippen molar-refractivity contribution < 1.29 is 18.3 Å². The van der Waals surface area contributed by atoms with Gasteiger partial charge in [-0.1, -0.05) is 0 Å². The molecule has 9 heteroatoms. The van der Waals surface area contributed by atoms with Crippen LogP contribution in [0.4, 0.5) is 14.6 Å². The summed E-state index contributed by atoms with van der Waals surface area (Å²) in [6, 6.07) is 4.48. The van der Waals surface area contributed by atoms with Gasteiger partial charge >= 0.3 is 6.61 Å². The summed E-state index contributed by atoms with van der Waals surface area (Å²) in [7, 11) is 0. The van der Waals surface area contributed by atoms with E-state index in [1.807, 2.05) is 0 Å². The number of alkyl halides is 2. The summed E-state index contributed by atoms with van der Waals surface area (Å²) >= 11 is 0. The molecule has 178 valence electrons. The van der Waals surface area contributed by atoms with Gasteiger partial charge in [0.2, 0.25) is 0 Å². The predicted molar refractivity (Wildman–Crippen MR) is 119 cm³/mol. The van der Waals surface area contributed by atoms with Gasteiger partial charge in [-0.2, -0.15) is 13.9 Å². The fourth-order valence-electron chi connectivity index (χ4n) is 6.50. The van der Waals surface area contributed by atoms with E-state index in [0.29, 0.717) is 29.4 Å². The molecule has 2 saturated carbocycles. The Kier molecular flexibility index (Phi) is 4.92. The van der Waals surface area contributed by atoms with E-state index < -0.39 is 6.61 Å². The van der Waals surface area contributed by atoms with Gasteiger partial charge in [-0.3, -0.25) is 9.58 Å². The summed E-state index contributed by atoms with van der Waals surface area (Å²) in [5.41, 5.74) is 8.45. The van der Waals surface area contributed by atoms with Gasteiger partial charge in [-0.25, -0.2) is 4.98 Å². The van der Waals surface area contributed by atoms with Crippen molar-refractivity contribution in [2.24, 2.45) is 11.8 Å². The van der Waals surface area contributed by atoms with E-state index in [2.05, 4.69) is 39.2 Å². The molecule has 2 N–H and O–H groups in total. The Labute approximate surface area is 192 Å². The van der Waals surface area contributed by atoms with Crippen LogP contribution in [0, 0.1) is 11.8 Å². The fraction of sp³-hybridized carbons (Fsp3) is 0.667. The van der Waals surface area contributed by atoms with Gasteiger partial charge in [0, 0.05) is 55.2 Å². The molecule has 2 aliphatic heterocycles. The molecule has 4 fully saturated rings. The zero-order valence-electron chi connectivity index (χ0n) is 19.1. The topological polar surface area (TPSA) is 78.4 Å². The van der Waals surface area contributed by atoms with Crippen LogP contribution in [0.1, 0.15) is 57.2 Å². The Balaban J connectivity index is 1.18. The summed E-state index contributed by atoms with van der Waals surface area (Å²) in [5, 5.41) is 4.81. The first kappa shape index (κ1) is 21.3. The van der Waals surface area contributed by atoms with Crippen molar-refractivity contribution in [2.75, 3.05) is 25.4 Å². The van der Waals surface area contributed by atoms with Crippen molar-refractivity contribution in [3.63, 3.8) is 0 Å². The number of nitrogen functional groups attached to an aromatic ring is 1. The van der Waals surface area contributed by atoms with Crippen LogP contribution in [-0.2, 0) is 4.74 Å². The minimum absolute atomic E-state index is 0.0545. The van der Waals surface area contributed by atoms with E-state index >= 15 is 0 Å². The molecule has 33 heavy (non-hydrogen) atoms. The van der Waals surface area contributed by atoms with Crippen molar-refractivity contribution >= 4 is 5.82 Å². The largest absolute Gasteiger partial charge is 0.431 e. The molecule has 7 nitrogen and oxygen atoms in total. The van der Waals surface area contributed by atoms with E-state index in [9.17, 15) is 8.78 Å². The summed E-state index contributed by atoms with van der Waals surface area (Å²) in [5.74, 6) is 1.73. The van der Waals surface area contributed by atoms with E-state index in [0.717, 1.165) is 25.4 Å².